The maximum absolute atomic E-state index is 12.0. The lowest BCUT2D eigenvalue weighted by Gasteiger charge is -2.29. The molecule has 0 aromatic carbocycles. The van der Waals surface area contributed by atoms with Crippen LogP contribution < -0.4 is 11.1 Å². The maximum atomic E-state index is 12.0. The minimum Gasteiger partial charge on any atom is -0.444 e. The van der Waals surface area contributed by atoms with E-state index in [1.54, 1.807) is 24.9 Å². The molecule has 1 aromatic heterocycles. The highest BCUT2D eigenvalue weighted by atomic mass is 32.2. The predicted molar refractivity (Wildman–Crippen MR) is 163 cm³/mol. The number of unbranched alkanes of at least 4 members (excludes halogenated alkanes) is 3. The summed E-state index contributed by atoms with van der Waals surface area (Å²) in [6.45, 7) is 14.8. The van der Waals surface area contributed by atoms with Crippen molar-refractivity contribution in [1.29, 1.82) is 0 Å². The standard InChI is InChI=1S/C22H34N2O3S2.C7H14N2O/c1-7-21(28-15-20-23-14-18(27-20)22(4,5)6)29-17(3)24-19(26)13-11-9-8-10-12-16(2)25;1-9-5-3-2-4-6(9)7(8)10/h7,14H,3,8-13,15H2,1-2,4-6H3,(H,24,26);6H,2-5H2,1H3,(H2,8,10)/b21-7-;. The number of piperidine rings is 1. The molecule has 0 radical (unpaired) electrons. The molecule has 0 bridgehead atoms. The summed E-state index contributed by atoms with van der Waals surface area (Å²) in [4.78, 5) is 40.1. The number of carbonyl (C=O) groups is 3. The van der Waals surface area contributed by atoms with Gasteiger partial charge in [-0.15, -0.1) is 11.8 Å². The molecule has 220 valence electrons. The third-order valence-electron chi connectivity index (χ3n) is 6.15. The van der Waals surface area contributed by atoms with Crippen molar-refractivity contribution < 1.29 is 18.8 Å². The number of hydrogen-bond acceptors (Lipinski definition) is 8. The Labute approximate surface area is 243 Å². The van der Waals surface area contributed by atoms with E-state index >= 15 is 0 Å². The number of oxazole rings is 1. The fourth-order valence-electron chi connectivity index (χ4n) is 3.84. The number of rotatable bonds is 14. The number of nitrogens with one attached hydrogen (secondary N) is 1. The lowest BCUT2D eigenvalue weighted by Crippen LogP contribution is -2.45. The Bertz CT molecular complexity index is 969. The number of Topliss-reactive ketones (excluding diaryl/α,β-unsaturated/α-hetero) is 1. The first-order valence-electron chi connectivity index (χ1n) is 13.7. The number of nitrogens with two attached hydrogens (primary N) is 1. The van der Waals surface area contributed by atoms with Crippen molar-refractivity contribution in [1.82, 2.24) is 15.2 Å². The summed E-state index contributed by atoms with van der Waals surface area (Å²) in [5.74, 6) is 2.23. The molecular formula is C29H48N4O4S2. The van der Waals surface area contributed by atoms with Crippen molar-refractivity contribution in [2.45, 2.75) is 110 Å². The van der Waals surface area contributed by atoms with Crippen LogP contribution in [0, 0.1) is 0 Å². The molecule has 0 spiro atoms. The monoisotopic (exact) mass is 580 g/mol. The Kier molecular flexibility index (Phi) is 16.4. The molecule has 1 saturated heterocycles. The summed E-state index contributed by atoms with van der Waals surface area (Å²) < 4.78 is 6.86. The van der Waals surface area contributed by atoms with E-state index in [1.807, 2.05) is 24.9 Å². The summed E-state index contributed by atoms with van der Waals surface area (Å²) in [5.41, 5.74) is 5.12. The first kappa shape index (κ1) is 35.0. The quantitative estimate of drug-likeness (QED) is 0.247. The topological polar surface area (TPSA) is 119 Å². The SMILES string of the molecule is C=C(NC(=O)CCCCCCC(C)=O)S/C(=C\C)SCc1ncc(C(C)(C)C)o1.CN1CCCCC1C(N)=O. The lowest BCUT2D eigenvalue weighted by molar-refractivity contribution is -0.124. The van der Waals surface area contributed by atoms with Gasteiger partial charge in [0.1, 0.15) is 11.5 Å². The largest absolute Gasteiger partial charge is 0.444 e. The van der Waals surface area contributed by atoms with E-state index in [4.69, 9.17) is 10.2 Å². The van der Waals surface area contributed by atoms with Crippen LogP contribution in [-0.2, 0) is 25.6 Å². The van der Waals surface area contributed by atoms with E-state index in [0.29, 0.717) is 29.5 Å². The highest BCUT2D eigenvalue weighted by molar-refractivity contribution is 8.23. The number of likely N-dealkylation sites (N-methyl/N-ethyl adjacent to an activating group) is 1. The summed E-state index contributed by atoms with van der Waals surface area (Å²) in [5, 5.41) is 3.48. The molecule has 10 heteroatoms. The van der Waals surface area contributed by atoms with Gasteiger partial charge in [-0.25, -0.2) is 4.98 Å². The molecule has 1 fully saturated rings. The van der Waals surface area contributed by atoms with Crippen LogP contribution in [0.2, 0.25) is 0 Å². The van der Waals surface area contributed by atoms with E-state index in [2.05, 4.69) is 37.7 Å². The third kappa shape index (κ3) is 15.4. The van der Waals surface area contributed by atoms with Gasteiger partial charge in [0.15, 0.2) is 0 Å². The Morgan fingerprint density at radius 2 is 1.87 bits per heavy atom. The van der Waals surface area contributed by atoms with Gasteiger partial charge in [0.2, 0.25) is 17.7 Å². The Hall–Kier alpha value is -2.04. The van der Waals surface area contributed by atoms with Crippen molar-refractivity contribution in [3.63, 3.8) is 0 Å². The molecule has 3 N–H and O–H groups in total. The highest BCUT2D eigenvalue weighted by Gasteiger charge is 2.23. The first-order chi connectivity index (χ1) is 18.3. The second kappa shape index (κ2) is 18.3. The van der Waals surface area contributed by atoms with Gasteiger partial charge in [-0.1, -0.05) is 64.5 Å². The van der Waals surface area contributed by atoms with Crippen molar-refractivity contribution in [2.24, 2.45) is 5.73 Å². The van der Waals surface area contributed by atoms with Crippen LogP contribution in [0.15, 0.2) is 32.5 Å². The van der Waals surface area contributed by atoms with Crippen molar-refractivity contribution in [2.75, 3.05) is 13.6 Å². The molecule has 2 amide bonds. The lowest BCUT2D eigenvalue weighted by atomic mass is 9.94. The van der Waals surface area contributed by atoms with Crippen LogP contribution in [0.5, 0.6) is 0 Å². The molecule has 2 heterocycles. The van der Waals surface area contributed by atoms with Crippen LogP contribution in [0.1, 0.15) is 104 Å². The van der Waals surface area contributed by atoms with Gasteiger partial charge in [-0.3, -0.25) is 14.5 Å². The van der Waals surface area contributed by atoms with Crippen molar-refractivity contribution in [3.05, 3.63) is 39.8 Å². The van der Waals surface area contributed by atoms with Gasteiger partial charge in [-0.2, -0.15) is 0 Å². The molecule has 39 heavy (non-hydrogen) atoms. The minimum absolute atomic E-state index is 0.00579. The summed E-state index contributed by atoms with van der Waals surface area (Å²) in [7, 11) is 1.95. The molecule has 2 rings (SSSR count). The zero-order valence-corrected chi connectivity index (χ0v) is 26.3. The number of primary amides is 1. The normalized spacial score (nSPS) is 16.3. The zero-order chi connectivity index (χ0) is 29.4. The minimum atomic E-state index is -0.179. The van der Waals surface area contributed by atoms with E-state index in [9.17, 15) is 14.4 Å². The van der Waals surface area contributed by atoms with E-state index in [-0.39, 0.29) is 29.1 Å². The fraction of sp³-hybridized carbons (Fsp3) is 0.655. The fourth-order valence-corrected chi connectivity index (χ4v) is 5.65. The number of amides is 2. The van der Waals surface area contributed by atoms with Crippen LogP contribution in [0.4, 0.5) is 0 Å². The summed E-state index contributed by atoms with van der Waals surface area (Å²) >= 11 is 3.06. The number of thioether (sulfide) groups is 2. The Balaban J connectivity index is 0.000000633. The number of carbonyl (C=O) groups excluding carboxylic acids is 3. The number of allylic oxidation sites excluding steroid dienone is 1. The van der Waals surface area contributed by atoms with E-state index in [0.717, 1.165) is 55.1 Å². The maximum Gasteiger partial charge on any atom is 0.234 e. The molecule has 1 aliphatic heterocycles. The first-order valence-corrected chi connectivity index (χ1v) is 15.5. The van der Waals surface area contributed by atoms with Gasteiger partial charge in [0, 0.05) is 22.5 Å². The second-order valence-electron chi connectivity index (χ2n) is 10.8. The average molecular weight is 581 g/mol. The average Bonchev–Trinajstić information content (AvgIpc) is 3.34. The smallest absolute Gasteiger partial charge is 0.234 e. The number of hydrogen-bond donors (Lipinski definition) is 2. The summed E-state index contributed by atoms with van der Waals surface area (Å²) in [6.07, 6.45) is 11.8. The van der Waals surface area contributed by atoms with Gasteiger partial charge in [0.05, 0.1) is 23.0 Å². The zero-order valence-electron chi connectivity index (χ0n) is 24.6. The third-order valence-corrected chi connectivity index (χ3v) is 8.45. The molecule has 0 aliphatic carbocycles. The van der Waals surface area contributed by atoms with E-state index < -0.39 is 0 Å². The number of nitrogens with zero attached hydrogens (tertiary/aromatic N) is 2. The molecule has 1 atom stereocenters. The molecule has 8 nitrogen and oxygen atoms in total. The van der Waals surface area contributed by atoms with Crippen LogP contribution >= 0.6 is 23.5 Å². The van der Waals surface area contributed by atoms with Crippen LogP contribution in [0.3, 0.4) is 0 Å². The highest BCUT2D eigenvalue weighted by Crippen LogP contribution is 2.35. The number of aromatic nitrogens is 1. The van der Waals surface area contributed by atoms with Crippen molar-refractivity contribution in [3.8, 4) is 0 Å². The predicted octanol–water partition coefficient (Wildman–Crippen LogP) is 6.27. The van der Waals surface area contributed by atoms with Gasteiger partial charge >= 0.3 is 0 Å². The van der Waals surface area contributed by atoms with Gasteiger partial charge in [-0.05, 0) is 53.1 Å². The number of ketones is 1. The molecular weight excluding hydrogens is 532 g/mol. The van der Waals surface area contributed by atoms with Gasteiger partial charge in [0.25, 0.3) is 0 Å². The molecule has 1 aromatic rings. The molecule has 0 saturated carbocycles. The van der Waals surface area contributed by atoms with Crippen LogP contribution in [-0.4, -0.2) is 47.1 Å². The molecule has 1 aliphatic rings. The van der Waals surface area contributed by atoms with Crippen molar-refractivity contribution >= 4 is 41.1 Å². The van der Waals surface area contributed by atoms with Crippen LogP contribution in [0.25, 0.3) is 0 Å². The molecule has 1 unspecified atom stereocenters. The number of likely N-dealkylation sites (tertiary alicyclic amines) is 1. The Morgan fingerprint density at radius 3 is 2.38 bits per heavy atom. The summed E-state index contributed by atoms with van der Waals surface area (Å²) in [6, 6.07) is -0.00579. The second-order valence-corrected chi connectivity index (χ2v) is 13.3. The van der Waals surface area contributed by atoms with E-state index in [1.165, 1.54) is 18.2 Å². The Morgan fingerprint density at radius 1 is 1.21 bits per heavy atom. The van der Waals surface area contributed by atoms with Gasteiger partial charge < -0.3 is 20.3 Å².